The number of likely N-dealkylation sites (tertiary alicyclic amines) is 1. The average Bonchev–Trinajstić information content (AvgIpc) is 3.32. The number of rotatable bonds is 5. The molecule has 2 N–H and O–H groups in total. The molecule has 132 valence electrons. The molecule has 3 amide bonds. The Kier molecular flexibility index (Phi) is 5.43. The van der Waals surface area contributed by atoms with E-state index in [0.717, 1.165) is 25.8 Å². The minimum absolute atomic E-state index is 0.0711. The van der Waals surface area contributed by atoms with Crippen molar-refractivity contribution in [1.82, 2.24) is 15.5 Å². The van der Waals surface area contributed by atoms with E-state index in [-0.39, 0.29) is 23.4 Å². The Labute approximate surface area is 147 Å². The van der Waals surface area contributed by atoms with Gasteiger partial charge in [-0.1, -0.05) is 25.8 Å². The number of amides is 3. The molecule has 0 radical (unpaired) electrons. The van der Waals surface area contributed by atoms with Gasteiger partial charge >= 0.3 is 6.03 Å². The SMILES string of the molecule is CCC(=O)N1CCC(NC(=O)NCC2(c3cccs3)CCCC2)C1. The summed E-state index contributed by atoms with van der Waals surface area (Å²) in [5, 5.41) is 8.24. The van der Waals surface area contributed by atoms with E-state index in [1.807, 2.05) is 11.8 Å². The van der Waals surface area contributed by atoms with Crippen molar-refractivity contribution in [3.63, 3.8) is 0 Å². The van der Waals surface area contributed by atoms with Gasteiger partial charge in [0.2, 0.25) is 5.91 Å². The predicted octanol–water partition coefficient (Wildman–Crippen LogP) is 2.87. The van der Waals surface area contributed by atoms with Gasteiger partial charge in [-0.25, -0.2) is 4.79 Å². The second kappa shape index (κ2) is 7.55. The molecular weight excluding hydrogens is 322 g/mol. The Balaban J connectivity index is 1.50. The standard InChI is InChI=1S/C18H27N3O2S/c1-2-16(22)21-10-7-14(12-21)20-17(23)19-13-18(8-3-4-9-18)15-6-5-11-24-15/h5-6,11,14H,2-4,7-10,12-13H2,1H3,(H2,19,20,23). The van der Waals surface area contributed by atoms with Crippen LogP contribution in [0.4, 0.5) is 4.79 Å². The summed E-state index contributed by atoms with van der Waals surface area (Å²) in [6.45, 7) is 3.96. The largest absolute Gasteiger partial charge is 0.341 e. The highest BCUT2D eigenvalue weighted by atomic mass is 32.1. The third kappa shape index (κ3) is 3.74. The topological polar surface area (TPSA) is 61.4 Å². The molecule has 3 rings (SSSR count). The highest BCUT2D eigenvalue weighted by Crippen LogP contribution is 2.42. The van der Waals surface area contributed by atoms with Gasteiger partial charge in [-0.15, -0.1) is 11.3 Å². The molecule has 2 aliphatic rings. The summed E-state index contributed by atoms with van der Waals surface area (Å²) in [5.74, 6) is 0.169. The van der Waals surface area contributed by atoms with E-state index in [9.17, 15) is 9.59 Å². The lowest BCUT2D eigenvalue weighted by Crippen LogP contribution is -2.47. The van der Waals surface area contributed by atoms with E-state index in [1.165, 1.54) is 17.7 Å². The normalized spacial score (nSPS) is 22.5. The Morgan fingerprint density at radius 3 is 2.83 bits per heavy atom. The average molecular weight is 350 g/mol. The molecule has 1 saturated carbocycles. The number of hydrogen-bond acceptors (Lipinski definition) is 3. The summed E-state index contributed by atoms with van der Waals surface area (Å²) in [6.07, 6.45) is 6.14. The maximum absolute atomic E-state index is 12.3. The van der Waals surface area contributed by atoms with E-state index < -0.39 is 0 Å². The van der Waals surface area contributed by atoms with Crippen LogP contribution in [0, 0.1) is 0 Å². The number of urea groups is 1. The summed E-state index contributed by atoms with van der Waals surface area (Å²) in [6, 6.07) is 4.26. The molecule has 1 aromatic heterocycles. The highest BCUT2D eigenvalue weighted by Gasteiger charge is 2.37. The second-order valence-electron chi connectivity index (χ2n) is 6.97. The van der Waals surface area contributed by atoms with Crippen LogP contribution in [-0.2, 0) is 10.2 Å². The fraction of sp³-hybridized carbons (Fsp3) is 0.667. The molecule has 2 fully saturated rings. The molecule has 1 aromatic rings. The molecule has 1 aliphatic carbocycles. The molecule has 24 heavy (non-hydrogen) atoms. The van der Waals surface area contributed by atoms with Crippen LogP contribution >= 0.6 is 11.3 Å². The molecular formula is C18H27N3O2S. The molecule has 0 aromatic carbocycles. The Hall–Kier alpha value is -1.56. The Bertz CT molecular complexity index is 567. The number of nitrogens with zero attached hydrogens (tertiary/aromatic N) is 1. The van der Waals surface area contributed by atoms with Crippen molar-refractivity contribution >= 4 is 23.3 Å². The van der Waals surface area contributed by atoms with Crippen molar-refractivity contribution in [2.45, 2.75) is 56.9 Å². The van der Waals surface area contributed by atoms with Crippen LogP contribution in [0.15, 0.2) is 17.5 Å². The maximum Gasteiger partial charge on any atom is 0.315 e. The summed E-state index contributed by atoms with van der Waals surface area (Å²) in [5.41, 5.74) is 0.116. The van der Waals surface area contributed by atoms with E-state index in [1.54, 1.807) is 11.3 Å². The molecule has 5 nitrogen and oxygen atoms in total. The summed E-state index contributed by atoms with van der Waals surface area (Å²) < 4.78 is 0. The second-order valence-corrected chi connectivity index (χ2v) is 7.92. The lowest BCUT2D eigenvalue weighted by Gasteiger charge is -2.28. The summed E-state index contributed by atoms with van der Waals surface area (Å²) in [4.78, 5) is 27.2. The third-order valence-corrected chi connectivity index (χ3v) is 6.49. The molecule has 1 aliphatic heterocycles. The number of carbonyl (C=O) groups is 2. The van der Waals surface area contributed by atoms with Crippen LogP contribution in [0.3, 0.4) is 0 Å². The van der Waals surface area contributed by atoms with Crippen molar-refractivity contribution < 1.29 is 9.59 Å². The maximum atomic E-state index is 12.3. The smallest absolute Gasteiger partial charge is 0.315 e. The fourth-order valence-corrected chi connectivity index (χ4v) is 4.94. The zero-order valence-electron chi connectivity index (χ0n) is 14.3. The molecule has 0 bridgehead atoms. The first-order chi connectivity index (χ1) is 11.6. The van der Waals surface area contributed by atoms with Crippen LogP contribution in [0.25, 0.3) is 0 Å². The van der Waals surface area contributed by atoms with Gasteiger partial charge in [-0.2, -0.15) is 0 Å². The third-order valence-electron chi connectivity index (χ3n) is 5.37. The van der Waals surface area contributed by atoms with Gasteiger partial charge < -0.3 is 15.5 Å². The molecule has 6 heteroatoms. The number of thiophene rings is 1. The monoisotopic (exact) mass is 349 g/mol. The Morgan fingerprint density at radius 1 is 1.38 bits per heavy atom. The minimum atomic E-state index is -0.103. The fourth-order valence-electron chi connectivity index (χ4n) is 3.96. The van der Waals surface area contributed by atoms with Crippen LogP contribution in [0.5, 0.6) is 0 Å². The van der Waals surface area contributed by atoms with Gasteiger partial charge in [0.25, 0.3) is 0 Å². The van der Waals surface area contributed by atoms with Gasteiger partial charge in [-0.05, 0) is 30.7 Å². The minimum Gasteiger partial charge on any atom is -0.341 e. The molecule has 1 atom stereocenters. The predicted molar refractivity (Wildman–Crippen MR) is 96.3 cm³/mol. The van der Waals surface area contributed by atoms with Crippen LogP contribution in [0.2, 0.25) is 0 Å². The van der Waals surface area contributed by atoms with Crippen molar-refractivity contribution in [2.24, 2.45) is 0 Å². The zero-order chi connectivity index (χ0) is 17.0. The van der Waals surface area contributed by atoms with Gasteiger partial charge in [0, 0.05) is 42.4 Å². The molecule has 1 saturated heterocycles. The molecule has 1 unspecified atom stereocenters. The number of hydrogen-bond donors (Lipinski definition) is 2. The van der Waals surface area contributed by atoms with E-state index in [2.05, 4.69) is 28.1 Å². The Morgan fingerprint density at radius 2 is 2.17 bits per heavy atom. The van der Waals surface area contributed by atoms with Gasteiger partial charge in [-0.3, -0.25) is 4.79 Å². The van der Waals surface area contributed by atoms with Crippen molar-refractivity contribution in [3.8, 4) is 0 Å². The van der Waals surface area contributed by atoms with Crippen LogP contribution in [-0.4, -0.2) is 42.5 Å². The van der Waals surface area contributed by atoms with Gasteiger partial charge in [0.15, 0.2) is 0 Å². The summed E-state index contributed by atoms with van der Waals surface area (Å²) >= 11 is 1.79. The van der Waals surface area contributed by atoms with Crippen molar-refractivity contribution in [1.29, 1.82) is 0 Å². The van der Waals surface area contributed by atoms with Crippen molar-refractivity contribution in [2.75, 3.05) is 19.6 Å². The molecule has 2 heterocycles. The van der Waals surface area contributed by atoms with Crippen LogP contribution < -0.4 is 10.6 Å². The van der Waals surface area contributed by atoms with Gasteiger partial charge in [0.05, 0.1) is 0 Å². The van der Waals surface area contributed by atoms with E-state index in [4.69, 9.17) is 0 Å². The number of nitrogens with one attached hydrogen (secondary N) is 2. The first-order valence-electron chi connectivity index (χ1n) is 8.99. The van der Waals surface area contributed by atoms with Gasteiger partial charge in [0.1, 0.15) is 0 Å². The van der Waals surface area contributed by atoms with E-state index >= 15 is 0 Å². The first kappa shape index (κ1) is 17.3. The van der Waals surface area contributed by atoms with Crippen LogP contribution in [0.1, 0.15) is 50.3 Å². The number of carbonyl (C=O) groups excluding carboxylic acids is 2. The lowest BCUT2D eigenvalue weighted by atomic mass is 9.84. The quantitative estimate of drug-likeness (QED) is 0.859. The van der Waals surface area contributed by atoms with E-state index in [0.29, 0.717) is 19.5 Å². The van der Waals surface area contributed by atoms with Crippen molar-refractivity contribution in [3.05, 3.63) is 22.4 Å². The first-order valence-corrected chi connectivity index (χ1v) is 9.87. The lowest BCUT2D eigenvalue weighted by molar-refractivity contribution is -0.129. The zero-order valence-corrected chi connectivity index (χ0v) is 15.2. The highest BCUT2D eigenvalue weighted by molar-refractivity contribution is 7.10. The summed E-state index contributed by atoms with van der Waals surface area (Å²) in [7, 11) is 0. The molecule has 0 spiro atoms.